The second-order valence-corrected chi connectivity index (χ2v) is 9.94. The zero-order valence-electron chi connectivity index (χ0n) is 15.8. The SMILES string of the molecule is C[C@@H]1CCCCN1C[C@@H]1C(=O)O[C@@H]2C[C@@]3(C)CCC[C@]4(CO4)[C@@H]3C[C@H]12. The molecule has 7 atom stereocenters. The Morgan fingerprint density at radius 1 is 1.24 bits per heavy atom. The minimum Gasteiger partial charge on any atom is -0.462 e. The van der Waals surface area contributed by atoms with Crippen molar-refractivity contribution < 1.29 is 14.3 Å². The van der Waals surface area contributed by atoms with Gasteiger partial charge in [-0.25, -0.2) is 0 Å². The Hall–Kier alpha value is -0.610. The third kappa shape index (κ3) is 2.58. The lowest BCUT2D eigenvalue weighted by Gasteiger charge is -2.51. The van der Waals surface area contributed by atoms with Gasteiger partial charge in [-0.2, -0.15) is 0 Å². The number of esters is 1. The highest BCUT2D eigenvalue weighted by atomic mass is 16.6. The molecule has 5 aliphatic rings. The van der Waals surface area contributed by atoms with Gasteiger partial charge in [0.1, 0.15) is 6.10 Å². The maximum atomic E-state index is 12.7. The molecule has 140 valence electrons. The van der Waals surface area contributed by atoms with Gasteiger partial charge in [0.2, 0.25) is 0 Å². The number of rotatable bonds is 2. The quantitative estimate of drug-likeness (QED) is 0.567. The summed E-state index contributed by atoms with van der Waals surface area (Å²) in [4.78, 5) is 15.3. The molecule has 0 unspecified atom stereocenters. The summed E-state index contributed by atoms with van der Waals surface area (Å²) in [5, 5.41) is 0. The monoisotopic (exact) mass is 347 g/mol. The van der Waals surface area contributed by atoms with Crippen LogP contribution in [0, 0.1) is 23.2 Å². The number of ether oxygens (including phenoxy) is 2. The molecule has 3 heterocycles. The van der Waals surface area contributed by atoms with Gasteiger partial charge in [-0.15, -0.1) is 0 Å². The van der Waals surface area contributed by atoms with E-state index in [1.807, 2.05) is 0 Å². The van der Waals surface area contributed by atoms with Crippen LogP contribution in [0.1, 0.15) is 65.2 Å². The van der Waals surface area contributed by atoms with Crippen molar-refractivity contribution in [1.82, 2.24) is 4.90 Å². The normalized spacial score (nSPS) is 52.6. The summed E-state index contributed by atoms with van der Waals surface area (Å²) in [5.74, 6) is 1.22. The van der Waals surface area contributed by atoms with Crippen LogP contribution in [0.4, 0.5) is 0 Å². The smallest absolute Gasteiger partial charge is 0.310 e. The van der Waals surface area contributed by atoms with Gasteiger partial charge in [-0.1, -0.05) is 13.3 Å². The lowest BCUT2D eigenvalue weighted by Crippen LogP contribution is -2.51. The minimum atomic E-state index is 0.0841. The van der Waals surface area contributed by atoms with Crippen molar-refractivity contribution >= 4 is 5.97 Å². The molecular weight excluding hydrogens is 314 g/mol. The van der Waals surface area contributed by atoms with Gasteiger partial charge >= 0.3 is 5.97 Å². The van der Waals surface area contributed by atoms with Crippen LogP contribution in [0.5, 0.6) is 0 Å². The average Bonchev–Trinajstić information content (AvgIpc) is 3.27. The maximum absolute atomic E-state index is 12.7. The van der Waals surface area contributed by atoms with Crippen molar-refractivity contribution in [3.05, 3.63) is 0 Å². The van der Waals surface area contributed by atoms with E-state index in [0.29, 0.717) is 23.3 Å². The summed E-state index contributed by atoms with van der Waals surface area (Å²) in [5.41, 5.74) is 0.468. The summed E-state index contributed by atoms with van der Waals surface area (Å²) < 4.78 is 12.0. The summed E-state index contributed by atoms with van der Waals surface area (Å²) in [6.07, 6.45) is 10.0. The van der Waals surface area contributed by atoms with Crippen molar-refractivity contribution in [3.63, 3.8) is 0 Å². The molecule has 2 aliphatic carbocycles. The Kier molecular flexibility index (Phi) is 3.77. The van der Waals surface area contributed by atoms with Gasteiger partial charge in [0.05, 0.1) is 18.1 Å². The molecule has 0 aromatic rings. The summed E-state index contributed by atoms with van der Waals surface area (Å²) >= 11 is 0. The second-order valence-electron chi connectivity index (χ2n) is 9.94. The van der Waals surface area contributed by atoms with Crippen LogP contribution in [0.15, 0.2) is 0 Å². The molecule has 0 N–H and O–H groups in total. The van der Waals surface area contributed by atoms with E-state index in [9.17, 15) is 4.79 Å². The molecule has 0 bridgehead atoms. The summed E-state index contributed by atoms with van der Waals surface area (Å²) in [6, 6.07) is 0.613. The molecule has 0 radical (unpaired) electrons. The molecule has 0 aromatic heterocycles. The summed E-state index contributed by atoms with van der Waals surface area (Å²) in [7, 11) is 0. The van der Waals surface area contributed by atoms with Gasteiger partial charge in [0, 0.05) is 18.5 Å². The van der Waals surface area contributed by atoms with E-state index in [4.69, 9.17) is 9.47 Å². The summed E-state index contributed by atoms with van der Waals surface area (Å²) in [6.45, 7) is 7.77. The van der Waals surface area contributed by atoms with Gasteiger partial charge in [0.25, 0.3) is 0 Å². The van der Waals surface area contributed by atoms with Gasteiger partial charge < -0.3 is 9.47 Å². The number of fused-ring (bicyclic) bond motifs is 3. The van der Waals surface area contributed by atoms with Crippen LogP contribution in [0.3, 0.4) is 0 Å². The maximum Gasteiger partial charge on any atom is 0.310 e. The lowest BCUT2D eigenvalue weighted by molar-refractivity contribution is -0.147. The van der Waals surface area contributed by atoms with Gasteiger partial charge in [0.15, 0.2) is 0 Å². The van der Waals surface area contributed by atoms with Crippen LogP contribution >= 0.6 is 0 Å². The first-order valence-corrected chi connectivity index (χ1v) is 10.6. The van der Waals surface area contributed by atoms with E-state index in [2.05, 4.69) is 18.7 Å². The average molecular weight is 347 g/mol. The van der Waals surface area contributed by atoms with Crippen molar-refractivity contribution in [1.29, 1.82) is 0 Å². The number of nitrogens with zero attached hydrogens (tertiary/aromatic N) is 1. The standard InChI is InChI=1S/C21H33NO3/c1-14-6-3-4-9-22(14)12-16-15-10-18-20(2,11-17(15)25-19(16)23)7-5-8-21(18)13-24-21/h14-18H,3-13H2,1-2H3/t14-,15-,16+,17-,18-,20-,21+/m1/s1. The minimum absolute atomic E-state index is 0.0841. The van der Waals surface area contributed by atoms with Crippen LogP contribution in [-0.2, 0) is 14.3 Å². The van der Waals surface area contributed by atoms with E-state index in [0.717, 1.165) is 32.5 Å². The topological polar surface area (TPSA) is 42.1 Å². The Labute approximate surface area is 151 Å². The number of carbonyl (C=O) groups is 1. The molecule has 3 saturated heterocycles. The van der Waals surface area contributed by atoms with E-state index in [-0.39, 0.29) is 23.6 Å². The van der Waals surface area contributed by atoms with Crippen molar-refractivity contribution in [2.24, 2.45) is 23.2 Å². The number of hydrogen-bond donors (Lipinski definition) is 0. The molecule has 0 aromatic carbocycles. The molecular formula is C21H33NO3. The third-order valence-corrected chi connectivity index (χ3v) is 8.45. The number of piperidine rings is 1. The molecule has 2 saturated carbocycles. The van der Waals surface area contributed by atoms with Crippen molar-refractivity contribution in [3.8, 4) is 0 Å². The Bertz CT molecular complexity index is 559. The lowest BCUT2D eigenvalue weighted by atomic mass is 9.53. The molecule has 5 fully saturated rings. The van der Waals surface area contributed by atoms with E-state index < -0.39 is 0 Å². The first-order valence-electron chi connectivity index (χ1n) is 10.6. The first kappa shape index (κ1) is 16.6. The molecule has 4 nitrogen and oxygen atoms in total. The predicted molar refractivity (Wildman–Crippen MR) is 95.1 cm³/mol. The highest BCUT2D eigenvalue weighted by Crippen LogP contribution is 2.62. The van der Waals surface area contributed by atoms with E-state index in [1.54, 1.807) is 0 Å². The Morgan fingerprint density at radius 2 is 2.08 bits per heavy atom. The highest BCUT2D eigenvalue weighted by Gasteiger charge is 2.65. The molecule has 4 heteroatoms. The number of hydrogen-bond acceptors (Lipinski definition) is 4. The molecule has 0 amide bonds. The zero-order valence-corrected chi connectivity index (χ0v) is 15.8. The number of epoxide rings is 1. The predicted octanol–water partition coefficient (Wildman–Crippen LogP) is 3.39. The van der Waals surface area contributed by atoms with Crippen molar-refractivity contribution in [2.45, 2.75) is 83.0 Å². The molecule has 1 spiro atoms. The third-order valence-electron chi connectivity index (χ3n) is 8.45. The number of likely N-dealkylation sites (tertiary alicyclic amines) is 1. The number of carbonyl (C=O) groups excluding carboxylic acids is 1. The van der Waals surface area contributed by atoms with Gasteiger partial charge in [-0.05, 0) is 69.7 Å². The van der Waals surface area contributed by atoms with Crippen LogP contribution in [0.25, 0.3) is 0 Å². The van der Waals surface area contributed by atoms with Crippen LogP contribution in [0.2, 0.25) is 0 Å². The first-order chi connectivity index (χ1) is 12.0. The largest absolute Gasteiger partial charge is 0.462 e. The fourth-order valence-corrected chi connectivity index (χ4v) is 6.85. The molecule has 25 heavy (non-hydrogen) atoms. The van der Waals surface area contributed by atoms with Crippen LogP contribution in [-0.4, -0.2) is 48.3 Å². The van der Waals surface area contributed by atoms with Crippen molar-refractivity contribution in [2.75, 3.05) is 19.7 Å². The fourth-order valence-electron chi connectivity index (χ4n) is 6.85. The molecule has 5 rings (SSSR count). The second kappa shape index (κ2) is 5.69. The zero-order chi connectivity index (χ0) is 17.2. The molecule has 3 aliphatic heterocycles. The van der Waals surface area contributed by atoms with E-state index in [1.165, 1.54) is 38.5 Å². The Balaban J connectivity index is 1.36. The van der Waals surface area contributed by atoms with Gasteiger partial charge in [-0.3, -0.25) is 9.69 Å². The van der Waals surface area contributed by atoms with E-state index >= 15 is 0 Å². The highest BCUT2D eigenvalue weighted by molar-refractivity contribution is 5.75. The van der Waals surface area contributed by atoms with Crippen LogP contribution < -0.4 is 0 Å². The Morgan fingerprint density at radius 3 is 2.84 bits per heavy atom. The fraction of sp³-hybridized carbons (Fsp3) is 0.952.